The Morgan fingerprint density at radius 2 is 2.26 bits per heavy atom. The van der Waals surface area contributed by atoms with E-state index in [1.807, 2.05) is 0 Å². The fourth-order valence-corrected chi connectivity index (χ4v) is 2.09. The lowest BCUT2D eigenvalue weighted by Gasteiger charge is -2.06. The van der Waals surface area contributed by atoms with Crippen molar-refractivity contribution >= 4 is 27.5 Å². The van der Waals surface area contributed by atoms with Crippen LogP contribution in [0.2, 0.25) is 0 Å². The Hall–Kier alpha value is -2.53. The Bertz CT molecular complexity index is 828. The molecule has 0 spiro atoms. The fourth-order valence-electron chi connectivity index (χ4n) is 1.72. The van der Waals surface area contributed by atoms with Gasteiger partial charge < -0.3 is 16.7 Å². The van der Waals surface area contributed by atoms with Crippen LogP contribution in [0.4, 0.5) is 4.39 Å². The second kappa shape index (κ2) is 7.15. The number of halogens is 2. The molecule has 2 aromatic rings. The topological polar surface area (TPSA) is 145 Å². The molecule has 0 aliphatic rings. The first kappa shape index (κ1) is 16.8. The van der Waals surface area contributed by atoms with Gasteiger partial charge in [-0.1, -0.05) is 10.3 Å². The van der Waals surface area contributed by atoms with E-state index in [1.165, 1.54) is 12.1 Å². The first-order valence-electron chi connectivity index (χ1n) is 6.26. The minimum atomic E-state index is -0.869. The molecule has 0 saturated carbocycles. The standard InChI is InChI=1S/C12H12BrFN6O3/c13-7-5-6(1-2-8(7)14)20-11(19-23-12(20)21)9(18-22)10(16)17-4-3-15/h1-2,5,22H,3-4,15H2,(H2,16,17)/b18-9+. The van der Waals surface area contributed by atoms with Crippen LogP contribution >= 0.6 is 15.9 Å². The quantitative estimate of drug-likeness (QED) is 0.290. The fraction of sp³-hybridized carbons (Fsp3) is 0.167. The molecule has 0 unspecified atom stereocenters. The molecule has 0 amide bonds. The highest BCUT2D eigenvalue weighted by Gasteiger charge is 2.22. The summed E-state index contributed by atoms with van der Waals surface area (Å²) in [5, 5.41) is 15.7. The molecule has 11 heteroatoms. The highest BCUT2D eigenvalue weighted by atomic mass is 79.9. The van der Waals surface area contributed by atoms with Gasteiger partial charge in [0.05, 0.1) is 16.7 Å². The largest absolute Gasteiger partial charge is 0.446 e. The molecular formula is C12H12BrFN6O3. The number of nitrogens with zero attached hydrogens (tertiary/aromatic N) is 4. The number of hydrogen-bond acceptors (Lipinski definition) is 7. The highest BCUT2D eigenvalue weighted by Crippen LogP contribution is 2.19. The van der Waals surface area contributed by atoms with Crippen molar-refractivity contribution in [2.24, 2.45) is 21.6 Å². The van der Waals surface area contributed by atoms with Gasteiger partial charge in [0.1, 0.15) is 5.82 Å². The zero-order valence-electron chi connectivity index (χ0n) is 11.6. The second-order valence-corrected chi connectivity index (χ2v) is 5.06. The molecule has 5 N–H and O–H groups in total. The average molecular weight is 387 g/mol. The van der Waals surface area contributed by atoms with Crippen molar-refractivity contribution in [2.75, 3.05) is 13.1 Å². The molecule has 0 radical (unpaired) electrons. The number of aliphatic imine (C=N–C) groups is 1. The summed E-state index contributed by atoms with van der Waals surface area (Å²) in [7, 11) is 0. The maximum Gasteiger partial charge on any atom is 0.446 e. The lowest BCUT2D eigenvalue weighted by Crippen LogP contribution is -2.30. The third kappa shape index (κ3) is 3.46. The lowest BCUT2D eigenvalue weighted by atomic mass is 10.2. The van der Waals surface area contributed by atoms with E-state index in [9.17, 15) is 9.18 Å². The molecule has 1 aromatic heterocycles. The zero-order chi connectivity index (χ0) is 17.0. The molecule has 9 nitrogen and oxygen atoms in total. The number of hydrogen-bond donors (Lipinski definition) is 3. The Morgan fingerprint density at radius 3 is 2.87 bits per heavy atom. The van der Waals surface area contributed by atoms with Gasteiger partial charge in [0, 0.05) is 6.54 Å². The monoisotopic (exact) mass is 386 g/mol. The molecule has 0 aliphatic carbocycles. The molecule has 1 aromatic carbocycles. The number of aromatic nitrogens is 2. The maximum absolute atomic E-state index is 13.3. The van der Waals surface area contributed by atoms with Gasteiger partial charge >= 0.3 is 5.76 Å². The number of benzene rings is 1. The highest BCUT2D eigenvalue weighted by molar-refractivity contribution is 9.10. The van der Waals surface area contributed by atoms with Gasteiger partial charge in [-0.3, -0.25) is 9.52 Å². The van der Waals surface area contributed by atoms with Gasteiger partial charge in [-0.15, -0.1) is 0 Å². The summed E-state index contributed by atoms with van der Waals surface area (Å²) in [6, 6.07) is 3.80. The SMILES string of the molecule is NCCN=C(N)/C(=N\O)c1noc(=O)n1-c1ccc(F)c(Br)c1. The maximum atomic E-state index is 13.3. The number of nitrogens with two attached hydrogens (primary N) is 2. The summed E-state index contributed by atoms with van der Waals surface area (Å²) < 4.78 is 19.0. The smallest absolute Gasteiger partial charge is 0.410 e. The molecule has 122 valence electrons. The summed E-state index contributed by atoms with van der Waals surface area (Å²) in [5.41, 5.74) is 11.0. The van der Waals surface area contributed by atoms with Gasteiger partial charge in [0.15, 0.2) is 11.5 Å². The molecule has 23 heavy (non-hydrogen) atoms. The van der Waals surface area contributed by atoms with E-state index >= 15 is 0 Å². The molecule has 0 bridgehead atoms. The van der Waals surface area contributed by atoms with Gasteiger partial charge in [-0.25, -0.2) is 13.8 Å². The van der Waals surface area contributed by atoms with Crippen LogP contribution in [0.1, 0.15) is 5.82 Å². The van der Waals surface area contributed by atoms with Crippen LogP contribution in [0.3, 0.4) is 0 Å². The van der Waals surface area contributed by atoms with Gasteiger partial charge in [0.2, 0.25) is 5.82 Å². The summed E-state index contributed by atoms with van der Waals surface area (Å²) in [5.74, 6) is -1.75. The molecule has 0 saturated heterocycles. The first-order chi connectivity index (χ1) is 11.0. The van der Waals surface area contributed by atoms with E-state index < -0.39 is 11.6 Å². The van der Waals surface area contributed by atoms with E-state index in [0.717, 1.165) is 10.6 Å². The Balaban J connectivity index is 2.58. The molecule has 0 atom stereocenters. The number of oxime groups is 1. The summed E-state index contributed by atoms with van der Waals surface area (Å²) in [4.78, 5) is 15.8. The van der Waals surface area contributed by atoms with E-state index in [0.29, 0.717) is 0 Å². The summed E-state index contributed by atoms with van der Waals surface area (Å²) in [6.45, 7) is 0.422. The lowest BCUT2D eigenvalue weighted by molar-refractivity contribution is 0.319. The third-order valence-corrected chi connectivity index (χ3v) is 3.34. The predicted molar refractivity (Wildman–Crippen MR) is 83.6 cm³/mol. The van der Waals surface area contributed by atoms with Crippen LogP contribution < -0.4 is 17.2 Å². The van der Waals surface area contributed by atoms with Crippen LogP contribution in [-0.4, -0.2) is 39.6 Å². The van der Waals surface area contributed by atoms with Gasteiger partial charge in [-0.2, -0.15) is 0 Å². The average Bonchev–Trinajstić information content (AvgIpc) is 2.90. The molecular weight excluding hydrogens is 375 g/mol. The molecule has 0 fully saturated rings. The van der Waals surface area contributed by atoms with Crippen molar-refractivity contribution in [3.05, 3.63) is 44.9 Å². The second-order valence-electron chi connectivity index (χ2n) is 4.21. The predicted octanol–water partition coefficient (Wildman–Crippen LogP) is 0.221. The van der Waals surface area contributed by atoms with Gasteiger partial charge in [-0.05, 0) is 34.1 Å². The van der Waals surface area contributed by atoms with Crippen molar-refractivity contribution < 1.29 is 14.1 Å². The van der Waals surface area contributed by atoms with Gasteiger partial charge in [0.25, 0.3) is 0 Å². The first-order valence-corrected chi connectivity index (χ1v) is 7.05. The van der Waals surface area contributed by atoms with Crippen LogP contribution in [-0.2, 0) is 0 Å². The number of amidine groups is 1. The van der Waals surface area contributed by atoms with Crippen molar-refractivity contribution in [2.45, 2.75) is 0 Å². The Kier molecular flexibility index (Phi) is 5.24. The van der Waals surface area contributed by atoms with E-state index in [2.05, 4.69) is 35.8 Å². The van der Waals surface area contributed by atoms with E-state index in [-0.39, 0.29) is 40.6 Å². The van der Waals surface area contributed by atoms with E-state index in [1.54, 1.807) is 0 Å². The number of rotatable bonds is 5. The minimum Gasteiger partial charge on any atom is -0.410 e. The minimum absolute atomic E-state index is 0.126. The Morgan fingerprint density at radius 1 is 1.52 bits per heavy atom. The van der Waals surface area contributed by atoms with Crippen molar-refractivity contribution in [1.29, 1.82) is 0 Å². The molecule has 0 aliphatic heterocycles. The zero-order valence-corrected chi connectivity index (χ0v) is 13.2. The molecule has 2 rings (SSSR count). The van der Waals surface area contributed by atoms with Crippen molar-refractivity contribution in [3.8, 4) is 5.69 Å². The van der Waals surface area contributed by atoms with Crippen molar-refractivity contribution in [3.63, 3.8) is 0 Å². The normalized spacial score (nSPS) is 12.7. The summed E-state index contributed by atoms with van der Waals surface area (Å²) in [6.07, 6.45) is 0. The Labute approximate surface area is 137 Å². The van der Waals surface area contributed by atoms with Crippen LogP contribution in [0.25, 0.3) is 5.69 Å². The third-order valence-electron chi connectivity index (χ3n) is 2.73. The summed E-state index contributed by atoms with van der Waals surface area (Å²) >= 11 is 3.01. The van der Waals surface area contributed by atoms with Crippen LogP contribution in [0.5, 0.6) is 0 Å². The van der Waals surface area contributed by atoms with E-state index in [4.69, 9.17) is 16.7 Å². The van der Waals surface area contributed by atoms with Crippen molar-refractivity contribution in [1.82, 2.24) is 9.72 Å². The van der Waals surface area contributed by atoms with Crippen LogP contribution in [0, 0.1) is 5.82 Å². The molecule has 1 heterocycles. The van der Waals surface area contributed by atoms with Crippen LogP contribution in [0.15, 0.2) is 42.1 Å².